The highest BCUT2D eigenvalue weighted by atomic mass is 32.2. The molecule has 1 heterocycles. The van der Waals surface area contributed by atoms with Gasteiger partial charge in [0.05, 0.1) is 11.4 Å². The first-order valence-corrected chi connectivity index (χ1v) is 6.09. The van der Waals surface area contributed by atoms with Crippen molar-refractivity contribution in [3.05, 3.63) is 23.8 Å². The minimum absolute atomic E-state index is 0.0496. The molecule has 0 fully saturated rings. The third kappa shape index (κ3) is 2.09. The summed E-state index contributed by atoms with van der Waals surface area (Å²) in [5.74, 6) is -3.38. The predicted molar refractivity (Wildman–Crippen MR) is 65.2 cm³/mol. The van der Waals surface area contributed by atoms with Gasteiger partial charge in [-0.3, -0.25) is 9.59 Å². The number of benzene rings is 1. The molecule has 0 unspecified atom stereocenters. The summed E-state index contributed by atoms with van der Waals surface area (Å²) in [7, 11) is 0. The number of fused-ring (bicyclic) bond motifs is 1. The van der Waals surface area contributed by atoms with Crippen LogP contribution in [0.1, 0.15) is 5.56 Å². The van der Waals surface area contributed by atoms with Gasteiger partial charge in [0, 0.05) is 11.4 Å². The van der Waals surface area contributed by atoms with E-state index < -0.39 is 17.8 Å². The van der Waals surface area contributed by atoms with Gasteiger partial charge in [-0.1, -0.05) is 6.07 Å². The van der Waals surface area contributed by atoms with E-state index >= 15 is 0 Å². The number of aliphatic carboxylic acids is 1. The fourth-order valence-electron chi connectivity index (χ4n) is 1.64. The number of carboxylic acids is 1. The third-order valence-electron chi connectivity index (χ3n) is 2.49. The number of thioether (sulfide) groups is 1. The van der Waals surface area contributed by atoms with Gasteiger partial charge in [-0.15, -0.1) is 11.8 Å². The first-order chi connectivity index (χ1) is 8.54. The Kier molecular flexibility index (Phi) is 3.35. The average molecular weight is 266 g/mol. The number of carbonyl (C=O) groups excluding carboxylic acids is 2. The lowest BCUT2D eigenvalue weighted by Gasteiger charge is -2.26. The quantitative estimate of drug-likeness (QED) is 0.704. The zero-order chi connectivity index (χ0) is 13.3. The summed E-state index contributed by atoms with van der Waals surface area (Å²) >= 11 is 1.27. The molecule has 0 atom stereocenters. The van der Waals surface area contributed by atoms with Gasteiger partial charge in [0.2, 0.25) is 5.91 Å². The lowest BCUT2D eigenvalue weighted by molar-refractivity contribution is -0.149. The summed E-state index contributed by atoms with van der Waals surface area (Å²) in [6.45, 7) is 0.251. The fourth-order valence-corrected chi connectivity index (χ4v) is 2.51. The molecular weight excluding hydrogens is 256 g/mol. The number of nitrogens with two attached hydrogens (primary N) is 1. The number of amides is 2. The number of anilines is 1. The van der Waals surface area contributed by atoms with Crippen LogP contribution in [0.3, 0.4) is 0 Å². The summed E-state index contributed by atoms with van der Waals surface area (Å²) in [5.41, 5.74) is 6.51. The van der Waals surface area contributed by atoms with E-state index in [0.717, 1.165) is 5.56 Å². The van der Waals surface area contributed by atoms with Crippen molar-refractivity contribution >= 4 is 35.2 Å². The molecule has 18 heavy (non-hydrogen) atoms. The van der Waals surface area contributed by atoms with Crippen molar-refractivity contribution in [2.75, 3.05) is 10.7 Å². The van der Waals surface area contributed by atoms with Crippen LogP contribution in [0.15, 0.2) is 23.1 Å². The van der Waals surface area contributed by atoms with Gasteiger partial charge in [-0.05, 0) is 17.7 Å². The Morgan fingerprint density at radius 1 is 1.44 bits per heavy atom. The number of hydrogen-bond acceptors (Lipinski definition) is 5. The molecule has 2 rings (SSSR count). The Morgan fingerprint density at radius 2 is 2.17 bits per heavy atom. The Morgan fingerprint density at radius 3 is 2.78 bits per heavy atom. The molecule has 1 aromatic carbocycles. The first kappa shape index (κ1) is 12.6. The molecule has 6 nitrogen and oxygen atoms in total. The number of carbonyl (C=O) groups is 3. The molecule has 0 saturated carbocycles. The van der Waals surface area contributed by atoms with Gasteiger partial charge in [-0.2, -0.15) is 0 Å². The van der Waals surface area contributed by atoms with Crippen molar-refractivity contribution in [2.45, 2.75) is 11.4 Å². The number of hydrogen-bond donors (Lipinski definition) is 2. The van der Waals surface area contributed by atoms with Crippen molar-refractivity contribution in [3.8, 4) is 0 Å². The zero-order valence-corrected chi connectivity index (χ0v) is 10.1. The summed E-state index contributed by atoms with van der Waals surface area (Å²) in [5, 5.41) is 8.73. The topological polar surface area (TPSA) is 101 Å². The molecule has 3 N–H and O–H groups in total. The van der Waals surface area contributed by atoms with Gasteiger partial charge < -0.3 is 10.8 Å². The highest BCUT2D eigenvalue weighted by Crippen LogP contribution is 2.36. The van der Waals surface area contributed by atoms with Gasteiger partial charge in [0.1, 0.15) is 0 Å². The van der Waals surface area contributed by atoms with Crippen LogP contribution in [0.25, 0.3) is 0 Å². The smallest absolute Gasteiger partial charge is 0.395 e. The molecule has 1 aliphatic rings. The van der Waals surface area contributed by atoms with E-state index in [1.54, 1.807) is 18.2 Å². The van der Waals surface area contributed by atoms with Gasteiger partial charge >= 0.3 is 11.9 Å². The second-order valence-corrected chi connectivity index (χ2v) is 4.65. The lowest BCUT2D eigenvalue weighted by Crippen LogP contribution is -2.44. The third-order valence-corrected chi connectivity index (χ3v) is 3.53. The van der Waals surface area contributed by atoms with Gasteiger partial charge in [-0.25, -0.2) is 9.69 Å². The van der Waals surface area contributed by atoms with Crippen molar-refractivity contribution in [3.63, 3.8) is 0 Å². The molecule has 0 spiro atoms. The van der Waals surface area contributed by atoms with Crippen LogP contribution in [0.2, 0.25) is 0 Å². The molecule has 1 aliphatic heterocycles. The maximum atomic E-state index is 11.7. The van der Waals surface area contributed by atoms with Crippen LogP contribution in [-0.2, 0) is 20.9 Å². The van der Waals surface area contributed by atoms with E-state index in [2.05, 4.69) is 0 Å². The maximum absolute atomic E-state index is 11.7. The Balaban J connectivity index is 2.52. The molecule has 94 valence electrons. The van der Waals surface area contributed by atoms with Crippen LogP contribution in [-0.4, -0.2) is 28.6 Å². The SMILES string of the molecule is NCc1ccc2c(c1)N(C(=O)C(=O)O)C(=O)CS2. The van der Waals surface area contributed by atoms with E-state index in [-0.39, 0.29) is 12.3 Å². The number of carboxylic acid groups (broad SMARTS) is 1. The van der Waals surface area contributed by atoms with Crippen LogP contribution in [0.4, 0.5) is 5.69 Å². The Hall–Kier alpha value is -1.86. The molecule has 0 saturated heterocycles. The first-order valence-electron chi connectivity index (χ1n) is 5.10. The van der Waals surface area contributed by atoms with Gasteiger partial charge in [0.25, 0.3) is 0 Å². The van der Waals surface area contributed by atoms with E-state index in [4.69, 9.17) is 10.8 Å². The van der Waals surface area contributed by atoms with Crippen molar-refractivity contribution < 1.29 is 19.5 Å². The molecule has 0 bridgehead atoms. The van der Waals surface area contributed by atoms with E-state index in [9.17, 15) is 14.4 Å². The summed E-state index contributed by atoms with van der Waals surface area (Å²) < 4.78 is 0. The minimum Gasteiger partial charge on any atom is -0.474 e. The normalized spacial score (nSPS) is 14.3. The van der Waals surface area contributed by atoms with Crippen molar-refractivity contribution in [1.82, 2.24) is 0 Å². The highest BCUT2D eigenvalue weighted by Gasteiger charge is 2.33. The average Bonchev–Trinajstić information content (AvgIpc) is 2.37. The van der Waals surface area contributed by atoms with Crippen molar-refractivity contribution in [1.29, 1.82) is 0 Å². The standard InChI is InChI=1S/C11H10N2O4S/c12-4-6-1-2-8-7(3-6)13(9(14)5-18-8)10(15)11(16)17/h1-3H,4-5,12H2,(H,16,17). The largest absolute Gasteiger partial charge is 0.474 e. The molecule has 0 radical (unpaired) electrons. The maximum Gasteiger partial charge on any atom is 0.395 e. The summed E-state index contributed by atoms with van der Waals surface area (Å²) in [6, 6.07) is 5.09. The summed E-state index contributed by atoms with van der Waals surface area (Å²) in [6.07, 6.45) is 0. The Bertz CT molecular complexity index is 544. The van der Waals surface area contributed by atoms with E-state index in [1.165, 1.54) is 11.8 Å². The van der Waals surface area contributed by atoms with Crippen LogP contribution >= 0.6 is 11.8 Å². The van der Waals surface area contributed by atoms with Crippen LogP contribution < -0.4 is 10.6 Å². The summed E-state index contributed by atoms with van der Waals surface area (Å²) in [4.78, 5) is 35.4. The lowest BCUT2D eigenvalue weighted by atomic mass is 10.1. The van der Waals surface area contributed by atoms with Crippen LogP contribution in [0, 0.1) is 0 Å². The number of rotatable bonds is 1. The van der Waals surface area contributed by atoms with E-state index in [1.807, 2.05) is 0 Å². The van der Waals surface area contributed by atoms with Crippen LogP contribution in [0.5, 0.6) is 0 Å². The molecule has 1 aromatic rings. The molecule has 2 amide bonds. The fraction of sp³-hybridized carbons (Fsp3) is 0.182. The zero-order valence-electron chi connectivity index (χ0n) is 9.25. The predicted octanol–water partition coefficient (Wildman–Crippen LogP) is 0.195. The minimum atomic E-state index is -1.65. The molecular formula is C11H10N2O4S. The number of nitrogens with zero attached hydrogens (tertiary/aromatic N) is 1. The molecule has 7 heteroatoms. The second-order valence-electron chi connectivity index (χ2n) is 3.63. The van der Waals surface area contributed by atoms with Crippen molar-refractivity contribution in [2.24, 2.45) is 5.73 Å². The van der Waals surface area contributed by atoms with E-state index in [0.29, 0.717) is 15.5 Å². The van der Waals surface area contributed by atoms with Gasteiger partial charge in [0.15, 0.2) is 0 Å². The Labute approximate surface area is 107 Å². The second kappa shape index (κ2) is 4.79. The number of imide groups is 1. The monoisotopic (exact) mass is 266 g/mol. The highest BCUT2D eigenvalue weighted by molar-refractivity contribution is 8.00. The molecule has 0 aliphatic carbocycles. The molecule has 0 aromatic heterocycles.